The van der Waals surface area contributed by atoms with E-state index in [1.54, 1.807) is 7.11 Å². The van der Waals surface area contributed by atoms with Crippen molar-refractivity contribution < 1.29 is 9.47 Å². The number of ether oxygens (including phenoxy) is 2. The van der Waals surface area contributed by atoms with Crippen LogP contribution in [-0.2, 0) is 17.6 Å². The lowest BCUT2D eigenvalue weighted by Crippen LogP contribution is -2.29. The maximum absolute atomic E-state index is 5.74. The molecule has 0 saturated heterocycles. The fraction of sp³-hybridized carbons (Fsp3) is 0.545. The summed E-state index contributed by atoms with van der Waals surface area (Å²) in [7, 11) is 1.69. The Labute approximate surface area is 161 Å². The summed E-state index contributed by atoms with van der Waals surface area (Å²) in [5, 5.41) is 0. The molecule has 2 aromatic rings. The molecule has 1 aromatic heterocycles. The lowest BCUT2D eigenvalue weighted by Gasteiger charge is -2.27. The number of fused-ring (bicyclic) bond motifs is 1. The molecule has 1 aromatic carbocycles. The highest BCUT2D eigenvalue weighted by atomic mass is 16.5. The molecule has 5 nitrogen and oxygen atoms in total. The Morgan fingerprint density at radius 2 is 1.89 bits per heavy atom. The van der Waals surface area contributed by atoms with E-state index in [1.807, 2.05) is 24.3 Å². The van der Waals surface area contributed by atoms with Gasteiger partial charge in [-0.05, 0) is 49.4 Å². The lowest BCUT2D eigenvalue weighted by atomic mass is 10.1. The molecule has 1 aliphatic heterocycles. The Morgan fingerprint density at radius 3 is 2.59 bits per heavy atom. The van der Waals surface area contributed by atoms with Gasteiger partial charge in [-0.2, -0.15) is 0 Å². The standard InChI is InChI=1S/C22H29N3O2/c1-3-12-25(15-16-4-5-16)22-19-10-13-27-14-11-20(19)23-21(24-22)17-6-8-18(26-2)9-7-17/h6-9,16H,3-5,10-15H2,1-2H3. The van der Waals surface area contributed by atoms with Gasteiger partial charge in [0, 0.05) is 37.1 Å². The highest BCUT2D eigenvalue weighted by molar-refractivity contribution is 5.62. The topological polar surface area (TPSA) is 47.5 Å². The quantitative estimate of drug-likeness (QED) is 0.743. The summed E-state index contributed by atoms with van der Waals surface area (Å²) in [5.74, 6) is 3.62. The molecule has 27 heavy (non-hydrogen) atoms. The zero-order chi connectivity index (χ0) is 18.6. The number of benzene rings is 1. The van der Waals surface area contributed by atoms with Gasteiger partial charge in [0.2, 0.25) is 0 Å². The molecule has 144 valence electrons. The van der Waals surface area contributed by atoms with Crippen LogP contribution in [-0.4, -0.2) is 43.4 Å². The third-order valence-corrected chi connectivity index (χ3v) is 5.37. The average Bonchev–Trinajstić information content (AvgIpc) is 3.53. The maximum Gasteiger partial charge on any atom is 0.161 e. The van der Waals surface area contributed by atoms with Crippen LogP contribution in [0.15, 0.2) is 24.3 Å². The number of hydrogen-bond donors (Lipinski definition) is 0. The summed E-state index contributed by atoms with van der Waals surface area (Å²) < 4.78 is 11.0. The van der Waals surface area contributed by atoms with Crippen LogP contribution in [0.1, 0.15) is 37.4 Å². The third kappa shape index (κ3) is 4.24. The van der Waals surface area contributed by atoms with E-state index < -0.39 is 0 Å². The normalized spacial score (nSPS) is 16.5. The van der Waals surface area contributed by atoms with Gasteiger partial charge in [0.1, 0.15) is 11.6 Å². The van der Waals surface area contributed by atoms with E-state index in [0.29, 0.717) is 0 Å². The first-order valence-corrected chi connectivity index (χ1v) is 10.2. The first-order chi connectivity index (χ1) is 13.3. The summed E-state index contributed by atoms with van der Waals surface area (Å²) in [6, 6.07) is 8.04. The second kappa shape index (κ2) is 8.26. The van der Waals surface area contributed by atoms with Gasteiger partial charge in [0.05, 0.1) is 26.0 Å². The zero-order valence-corrected chi connectivity index (χ0v) is 16.4. The molecule has 2 heterocycles. The predicted octanol–water partition coefficient (Wildman–Crippen LogP) is 3.89. The highest BCUT2D eigenvalue weighted by Crippen LogP contribution is 2.34. The van der Waals surface area contributed by atoms with Crippen molar-refractivity contribution in [1.82, 2.24) is 9.97 Å². The molecule has 0 amide bonds. The van der Waals surface area contributed by atoms with Crippen LogP contribution in [0.5, 0.6) is 5.75 Å². The number of anilines is 1. The van der Waals surface area contributed by atoms with E-state index in [-0.39, 0.29) is 0 Å². The molecule has 0 spiro atoms. The molecule has 5 heteroatoms. The monoisotopic (exact) mass is 367 g/mol. The first kappa shape index (κ1) is 18.2. The van der Waals surface area contributed by atoms with Crippen molar-refractivity contribution >= 4 is 5.82 Å². The van der Waals surface area contributed by atoms with Gasteiger partial charge < -0.3 is 14.4 Å². The van der Waals surface area contributed by atoms with Crippen molar-refractivity contribution in [2.24, 2.45) is 5.92 Å². The summed E-state index contributed by atoms with van der Waals surface area (Å²) in [6.45, 7) is 5.90. The molecule has 2 aliphatic rings. The average molecular weight is 367 g/mol. The van der Waals surface area contributed by atoms with Crippen LogP contribution in [0.4, 0.5) is 5.82 Å². The van der Waals surface area contributed by atoms with Crippen molar-refractivity contribution in [3.63, 3.8) is 0 Å². The Balaban J connectivity index is 1.76. The van der Waals surface area contributed by atoms with E-state index in [0.717, 1.165) is 80.1 Å². The second-order valence-electron chi connectivity index (χ2n) is 7.53. The van der Waals surface area contributed by atoms with Crippen LogP contribution >= 0.6 is 0 Å². The number of methoxy groups -OCH3 is 1. The molecule has 1 fully saturated rings. The van der Waals surface area contributed by atoms with Gasteiger partial charge in [0.15, 0.2) is 5.82 Å². The van der Waals surface area contributed by atoms with Crippen LogP contribution in [0, 0.1) is 5.92 Å². The molecular weight excluding hydrogens is 338 g/mol. The van der Waals surface area contributed by atoms with E-state index in [4.69, 9.17) is 19.4 Å². The number of hydrogen-bond acceptors (Lipinski definition) is 5. The Bertz CT molecular complexity index is 772. The number of rotatable bonds is 7. The zero-order valence-electron chi connectivity index (χ0n) is 16.4. The molecule has 0 radical (unpaired) electrons. The number of aromatic nitrogens is 2. The second-order valence-corrected chi connectivity index (χ2v) is 7.53. The Morgan fingerprint density at radius 1 is 1.11 bits per heavy atom. The van der Waals surface area contributed by atoms with Crippen molar-refractivity contribution in [2.45, 2.75) is 39.0 Å². The molecule has 0 bridgehead atoms. The van der Waals surface area contributed by atoms with Crippen molar-refractivity contribution in [2.75, 3.05) is 38.3 Å². The van der Waals surface area contributed by atoms with Crippen LogP contribution in [0.25, 0.3) is 11.4 Å². The Kier molecular flexibility index (Phi) is 5.58. The Hall–Kier alpha value is -2.14. The molecule has 0 N–H and O–H groups in total. The van der Waals surface area contributed by atoms with E-state index in [9.17, 15) is 0 Å². The summed E-state index contributed by atoms with van der Waals surface area (Å²) >= 11 is 0. The minimum absolute atomic E-state index is 0.738. The maximum atomic E-state index is 5.74. The van der Waals surface area contributed by atoms with E-state index in [1.165, 1.54) is 18.4 Å². The van der Waals surface area contributed by atoms with Crippen molar-refractivity contribution in [3.8, 4) is 17.1 Å². The van der Waals surface area contributed by atoms with E-state index in [2.05, 4.69) is 11.8 Å². The van der Waals surface area contributed by atoms with Crippen LogP contribution in [0.2, 0.25) is 0 Å². The molecule has 1 aliphatic carbocycles. The minimum atomic E-state index is 0.738. The minimum Gasteiger partial charge on any atom is -0.497 e. The fourth-order valence-corrected chi connectivity index (χ4v) is 3.72. The third-order valence-electron chi connectivity index (χ3n) is 5.37. The SMILES string of the molecule is CCCN(CC1CC1)c1nc(-c2ccc(OC)cc2)nc2c1CCOCC2. The largest absolute Gasteiger partial charge is 0.497 e. The van der Waals surface area contributed by atoms with Crippen molar-refractivity contribution in [3.05, 3.63) is 35.5 Å². The summed E-state index contributed by atoms with van der Waals surface area (Å²) in [6.07, 6.45) is 5.58. The highest BCUT2D eigenvalue weighted by Gasteiger charge is 2.27. The first-order valence-electron chi connectivity index (χ1n) is 10.2. The van der Waals surface area contributed by atoms with Gasteiger partial charge in [-0.15, -0.1) is 0 Å². The number of nitrogens with zero attached hydrogens (tertiary/aromatic N) is 3. The summed E-state index contributed by atoms with van der Waals surface area (Å²) in [4.78, 5) is 12.5. The smallest absolute Gasteiger partial charge is 0.161 e. The molecule has 4 rings (SSSR count). The molecular formula is C22H29N3O2. The van der Waals surface area contributed by atoms with Crippen molar-refractivity contribution in [1.29, 1.82) is 0 Å². The van der Waals surface area contributed by atoms with Gasteiger partial charge in [-0.1, -0.05) is 6.92 Å². The molecule has 0 atom stereocenters. The fourth-order valence-electron chi connectivity index (χ4n) is 3.72. The summed E-state index contributed by atoms with van der Waals surface area (Å²) in [5.41, 5.74) is 3.48. The molecule has 1 saturated carbocycles. The van der Waals surface area contributed by atoms with Gasteiger partial charge >= 0.3 is 0 Å². The predicted molar refractivity (Wildman–Crippen MR) is 107 cm³/mol. The van der Waals surface area contributed by atoms with Gasteiger partial charge in [-0.3, -0.25) is 0 Å². The van der Waals surface area contributed by atoms with Crippen LogP contribution < -0.4 is 9.64 Å². The van der Waals surface area contributed by atoms with E-state index >= 15 is 0 Å². The van der Waals surface area contributed by atoms with Gasteiger partial charge in [-0.25, -0.2) is 9.97 Å². The lowest BCUT2D eigenvalue weighted by molar-refractivity contribution is 0.146. The molecule has 0 unspecified atom stereocenters. The van der Waals surface area contributed by atoms with Crippen LogP contribution in [0.3, 0.4) is 0 Å². The van der Waals surface area contributed by atoms with Gasteiger partial charge in [0.25, 0.3) is 0 Å².